The van der Waals surface area contributed by atoms with E-state index < -0.39 is 0 Å². The molecular weight excluding hydrogens is 254 g/mol. The zero-order chi connectivity index (χ0) is 14.4. The first-order chi connectivity index (χ1) is 9.80. The van der Waals surface area contributed by atoms with Crippen molar-refractivity contribution in [3.63, 3.8) is 0 Å². The number of hydrogen-bond donors (Lipinski definition) is 1. The van der Waals surface area contributed by atoms with E-state index in [0.717, 1.165) is 37.4 Å². The van der Waals surface area contributed by atoms with Gasteiger partial charge in [0.2, 0.25) is 0 Å². The van der Waals surface area contributed by atoms with E-state index in [1.807, 2.05) is 11.7 Å². The Morgan fingerprint density at radius 2 is 2.40 bits per heavy atom. The predicted octanol–water partition coefficient (Wildman–Crippen LogP) is 2.52. The Bertz CT molecular complexity index is 378. The number of aromatic nitrogens is 2. The molecule has 0 amide bonds. The van der Waals surface area contributed by atoms with E-state index >= 15 is 0 Å². The van der Waals surface area contributed by atoms with Crippen LogP contribution in [0.15, 0.2) is 6.20 Å². The van der Waals surface area contributed by atoms with Crippen molar-refractivity contribution in [1.82, 2.24) is 15.1 Å². The minimum absolute atomic E-state index is 0.262. The van der Waals surface area contributed by atoms with E-state index in [0.29, 0.717) is 6.10 Å². The van der Waals surface area contributed by atoms with Crippen molar-refractivity contribution in [1.29, 1.82) is 0 Å². The molecule has 0 bridgehead atoms. The molecule has 1 aliphatic heterocycles. The van der Waals surface area contributed by atoms with Gasteiger partial charge in [0, 0.05) is 13.2 Å². The Morgan fingerprint density at radius 3 is 3.00 bits per heavy atom. The van der Waals surface area contributed by atoms with Gasteiger partial charge in [0.1, 0.15) is 0 Å². The number of hydrogen-bond acceptors (Lipinski definition) is 4. The lowest BCUT2D eigenvalue weighted by molar-refractivity contribution is 0.00849. The lowest BCUT2D eigenvalue weighted by Gasteiger charge is -2.25. The van der Waals surface area contributed by atoms with Crippen molar-refractivity contribution < 1.29 is 9.47 Å². The molecule has 0 saturated carbocycles. The first-order valence-corrected chi connectivity index (χ1v) is 7.68. The third kappa shape index (κ3) is 3.52. The molecule has 1 aliphatic rings. The molecular formula is C15H27N3O2. The molecule has 2 rings (SSSR count). The Morgan fingerprint density at radius 1 is 1.55 bits per heavy atom. The van der Waals surface area contributed by atoms with Gasteiger partial charge in [0.15, 0.2) is 5.75 Å². The van der Waals surface area contributed by atoms with Crippen molar-refractivity contribution in [3.8, 4) is 5.75 Å². The van der Waals surface area contributed by atoms with Crippen LogP contribution in [-0.2, 0) is 11.3 Å². The quantitative estimate of drug-likeness (QED) is 0.834. The molecule has 1 aromatic rings. The average Bonchev–Trinajstić information content (AvgIpc) is 2.92. The highest BCUT2D eigenvalue weighted by molar-refractivity contribution is 5.28. The molecule has 5 heteroatoms. The summed E-state index contributed by atoms with van der Waals surface area (Å²) in [6, 6.07) is 0.262. The number of nitrogens with zero attached hydrogens (tertiary/aromatic N) is 2. The summed E-state index contributed by atoms with van der Waals surface area (Å²) in [7, 11) is 3.70. The average molecular weight is 281 g/mol. The van der Waals surface area contributed by atoms with Crippen LogP contribution in [0, 0.1) is 0 Å². The van der Waals surface area contributed by atoms with Crippen LogP contribution < -0.4 is 10.1 Å². The lowest BCUT2D eigenvalue weighted by atomic mass is 10.00. The third-order valence-electron chi connectivity index (χ3n) is 4.09. The topological polar surface area (TPSA) is 48.3 Å². The van der Waals surface area contributed by atoms with Crippen molar-refractivity contribution in [3.05, 3.63) is 11.9 Å². The van der Waals surface area contributed by atoms with E-state index in [4.69, 9.17) is 9.47 Å². The van der Waals surface area contributed by atoms with Gasteiger partial charge >= 0.3 is 0 Å². The zero-order valence-corrected chi connectivity index (χ0v) is 12.9. The van der Waals surface area contributed by atoms with Crippen LogP contribution in [0.25, 0.3) is 0 Å². The van der Waals surface area contributed by atoms with Gasteiger partial charge in [-0.15, -0.1) is 0 Å². The molecule has 0 radical (unpaired) electrons. The predicted molar refractivity (Wildman–Crippen MR) is 79.1 cm³/mol. The first kappa shape index (κ1) is 15.3. The molecule has 0 aliphatic carbocycles. The highest BCUT2D eigenvalue weighted by Gasteiger charge is 2.22. The van der Waals surface area contributed by atoms with Gasteiger partial charge in [-0.1, -0.05) is 0 Å². The lowest BCUT2D eigenvalue weighted by Crippen LogP contribution is -2.25. The second-order valence-electron chi connectivity index (χ2n) is 5.32. The van der Waals surface area contributed by atoms with Crippen molar-refractivity contribution >= 4 is 0 Å². The molecule has 2 unspecified atom stereocenters. The van der Waals surface area contributed by atoms with Crippen molar-refractivity contribution in [2.45, 2.75) is 57.7 Å². The second kappa shape index (κ2) is 7.64. The maximum absolute atomic E-state index is 5.82. The van der Waals surface area contributed by atoms with Crippen LogP contribution in [0.2, 0.25) is 0 Å². The number of rotatable bonds is 7. The summed E-state index contributed by atoms with van der Waals surface area (Å²) in [6.45, 7) is 3.88. The highest BCUT2D eigenvalue weighted by Crippen LogP contribution is 2.29. The molecule has 0 aromatic carbocycles. The Kier molecular flexibility index (Phi) is 5.86. The van der Waals surface area contributed by atoms with Crippen molar-refractivity contribution in [2.75, 3.05) is 20.8 Å². The molecule has 2 atom stereocenters. The number of methoxy groups -OCH3 is 1. The minimum atomic E-state index is 0.262. The summed E-state index contributed by atoms with van der Waals surface area (Å²) in [5, 5.41) is 7.79. The fourth-order valence-corrected chi connectivity index (χ4v) is 2.94. The minimum Gasteiger partial charge on any atom is -0.493 e. The SMILES string of the molecule is CCn1ncc(OC)c1C(CCC1CCCCO1)NC. The summed E-state index contributed by atoms with van der Waals surface area (Å²) in [5.41, 5.74) is 1.15. The largest absolute Gasteiger partial charge is 0.493 e. The molecule has 1 aromatic heterocycles. The zero-order valence-electron chi connectivity index (χ0n) is 12.9. The van der Waals surface area contributed by atoms with Gasteiger partial charge in [-0.3, -0.25) is 4.68 Å². The molecule has 114 valence electrons. The number of aryl methyl sites for hydroxylation is 1. The Hall–Kier alpha value is -1.07. The second-order valence-corrected chi connectivity index (χ2v) is 5.32. The molecule has 2 heterocycles. The molecule has 5 nitrogen and oxygen atoms in total. The van der Waals surface area contributed by atoms with Gasteiger partial charge in [0.25, 0.3) is 0 Å². The summed E-state index contributed by atoms with van der Waals surface area (Å²) < 4.78 is 13.3. The maximum atomic E-state index is 5.82. The molecule has 1 saturated heterocycles. The van der Waals surface area contributed by atoms with Gasteiger partial charge in [-0.05, 0) is 46.1 Å². The molecule has 20 heavy (non-hydrogen) atoms. The first-order valence-electron chi connectivity index (χ1n) is 7.68. The fourth-order valence-electron chi connectivity index (χ4n) is 2.94. The van der Waals surface area contributed by atoms with Gasteiger partial charge in [-0.25, -0.2) is 0 Å². The molecule has 0 spiro atoms. The van der Waals surface area contributed by atoms with Crippen LogP contribution in [0.3, 0.4) is 0 Å². The van der Waals surface area contributed by atoms with Gasteiger partial charge in [-0.2, -0.15) is 5.10 Å². The molecule has 1 fully saturated rings. The van der Waals surface area contributed by atoms with Gasteiger partial charge in [0.05, 0.1) is 31.1 Å². The summed E-state index contributed by atoms with van der Waals surface area (Å²) in [5.74, 6) is 0.871. The summed E-state index contributed by atoms with van der Waals surface area (Å²) >= 11 is 0. The normalized spacial score (nSPS) is 20.9. The van der Waals surface area contributed by atoms with Crippen LogP contribution in [0.4, 0.5) is 0 Å². The summed E-state index contributed by atoms with van der Waals surface area (Å²) in [6.07, 6.45) is 8.06. The number of nitrogens with one attached hydrogen (secondary N) is 1. The fraction of sp³-hybridized carbons (Fsp3) is 0.800. The van der Waals surface area contributed by atoms with Crippen LogP contribution in [0.1, 0.15) is 50.8 Å². The van der Waals surface area contributed by atoms with E-state index in [1.54, 1.807) is 13.3 Å². The van der Waals surface area contributed by atoms with Gasteiger partial charge < -0.3 is 14.8 Å². The van der Waals surface area contributed by atoms with Crippen LogP contribution in [0.5, 0.6) is 5.75 Å². The maximum Gasteiger partial charge on any atom is 0.161 e. The van der Waals surface area contributed by atoms with E-state index in [-0.39, 0.29) is 6.04 Å². The Labute approximate surface area is 121 Å². The Balaban J connectivity index is 2.01. The monoisotopic (exact) mass is 281 g/mol. The van der Waals surface area contributed by atoms with Crippen LogP contribution >= 0.6 is 0 Å². The van der Waals surface area contributed by atoms with Crippen LogP contribution in [-0.4, -0.2) is 36.6 Å². The summed E-state index contributed by atoms with van der Waals surface area (Å²) in [4.78, 5) is 0. The van der Waals surface area contributed by atoms with E-state index in [1.165, 1.54) is 19.3 Å². The van der Waals surface area contributed by atoms with E-state index in [9.17, 15) is 0 Å². The smallest absolute Gasteiger partial charge is 0.161 e. The van der Waals surface area contributed by atoms with Crippen molar-refractivity contribution in [2.24, 2.45) is 0 Å². The standard InChI is InChI=1S/C15H27N3O2/c1-4-18-15(14(19-3)11-17-18)13(16-2)9-8-12-7-5-6-10-20-12/h11-13,16H,4-10H2,1-3H3. The third-order valence-corrected chi connectivity index (χ3v) is 4.09. The van der Waals surface area contributed by atoms with E-state index in [2.05, 4.69) is 17.3 Å². The molecule has 1 N–H and O–H groups in total. The number of ether oxygens (including phenoxy) is 2. The highest BCUT2D eigenvalue weighted by atomic mass is 16.5.